The first kappa shape index (κ1) is 14.5. The third kappa shape index (κ3) is 4.75. The molecular formula is C12H19N3O2S. The van der Waals surface area contributed by atoms with Gasteiger partial charge in [-0.05, 0) is 24.3 Å². The number of rotatable bonds is 6. The number of oxime groups is 1. The summed E-state index contributed by atoms with van der Waals surface area (Å²) in [7, 11) is 0. The van der Waals surface area contributed by atoms with E-state index < -0.39 is 0 Å². The minimum atomic E-state index is -0.196. The van der Waals surface area contributed by atoms with Gasteiger partial charge in [-0.3, -0.25) is 4.79 Å². The molecule has 0 aliphatic rings. The second kappa shape index (κ2) is 7.00. The van der Waals surface area contributed by atoms with Crippen LogP contribution in [0.15, 0.2) is 22.0 Å². The number of hydrogen-bond acceptors (Lipinski definition) is 4. The largest absolute Gasteiger partial charge is 0.384 e. The van der Waals surface area contributed by atoms with Gasteiger partial charge >= 0.3 is 0 Å². The van der Waals surface area contributed by atoms with Gasteiger partial charge in [0.25, 0.3) is 5.91 Å². The molecule has 0 fully saturated rings. The van der Waals surface area contributed by atoms with Crippen molar-refractivity contribution < 1.29 is 9.63 Å². The molecule has 1 amide bonds. The number of amidine groups is 1. The first-order valence-corrected chi connectivity index (χ1v) is 6.72. The molecule has 0 aromatic carbocycles. The summed E-state index contributed by atoms with van der Waals surface area (Å²) in [5, 5.41) is 10.3. The Kier molecular flexibility index (Phi) is 5.64. The Morgan fingerprint density at radius 2 is 2.28 bits per heavy atom. The van der Waals surface area contributed by atoms with Crippen LogP contribution in [0.25, 0.3) is 0 Å². The van der Waals surface area contributed by atoms with Crippen LogP contribution >= 0.6 is 11.3 Å². The van der Waals surface area contributed by atoms with E-state index in [0.717, 1.165) is 5.56 Å². The maximum absolute atomic E-state index is 11.5. The highest BCUT2D eigenvalue weighted by Gasteiger charge is 2.10. The van der Waals surface area contributed by atoms with Crippen molar-refractivity contribution in [2.45, 2.75) is 26.8 Å². The molecule has 1 unspecified atom stereocenters. The van der Waals surface area contributed by atoms with Crippen molar-refractivity contribution in [1.82, 2.24) is 5.32 Å². The summed E-state index contributed by atoms with van der Waals surface area (Å²) in [6, 6.07) is 1.95. The van der Waals surface area contributed by atoms with Crippen molar-refractivity contribution in [2.24, 2.45) is 16.8 Å². The van der Waals surface area contributed by atoms with E-state index in [0.29, 0.717) is 5.92 Å². The summed E-state index contributed by atoms with van der Waals surface area (Å²) in [6.07, 6.45) is 0. The molecule has 18 heavy (non-hydrogen) atoms. The van der Waals surface area contributed by atoms with Gasteiger partial charge in [0.1, 0.15) is 0 Å². The van der Waals surface area contributed by atoms with Crippen molar-refractivity contribution in [3.8, 4) is 0 Å². The third-order valence-corrected chi connectivity index (χ3v) is 3.25. The average Bonchev–Trinajstić information content (AvgIpc) is 2.81. The molecule has 1 heterocycles. The number of amides is 1. The van der Waals surface area contributed by atoms with Crippen LogP contribution in [0.2, 0.25) is 0 Å². The van der Waals surface area contributed by atoms with E-state index in [-0.39, 0.29) is 24.4 Å². The normalized spacial score (nSPS) is 13.4. The molecule has 1 aromatic heterocycles. The molecule has 3 N–H and O–H groups in total. The van der Waals surface area contributed by atoms with Crippen molar-refractivity contribution in [2.75, 3.05) is 6.61 Å². The van der Waals surface area contributed by atoms with E-state index in [9.17, 15) is 4.79 Å². The number of thiophene rings is 1. The molecule has 0 aliphatic heterocycles. The third-order valence-electron chi connectivity index (χ3n) is 2.56. The lowest BCUT2D eigenvalue weighted by molar-refractivity contribution is -0.126. The van der Waals surface area contributed by atoms with Crippen LogP contribution in [0, 0.1) is 5.92 Å². The van der Waals surface area contributed by atoms with Crippen LogP contribution in [-0.2, 0) is 9.63 Å². The fourth-order valence-corrected chi connectivity index (χ4v) is 1.74. The number of nitrogens with two attached hydrogens (primary N) is 1. The Bertz CT molecular complexity index is 401. The van der Waals surface area contributed by atoms with Crippen molar-refractivity contribution >= 4 is 23.1 Å². The fraction of sp³-hybridized carbons (Fsp3) is 0.500. The van der Waals surface area contributed by atoms with Gasteiger partial charge in [0, 0.05) is 17.0 Å². The predicted molar refractivity (Wildman–Crippen MR) is 73.4 cm³/mol. The zero-order chi connectivity index (χ0) is 13.5. The van der Waals surface area contributed by atoms with Gasteiger partial charge in [0.2, 0.25) is 0 Å². The Morgan fingerprint density at radius 1 is 1.56 bits per heavy atom. The standard InChI is InChI=1S/C12H19N3O2S/c1-8(2)9(3)14-11(16)6-17-15-12(13)10-4-5-18-7-10/h4-5,7-9H,6H2,1-3H3,(H2,13,15)(H,14,16). The monoisotopic (exact) mass is 269 g/mol. The summed E-state index contributed by atoms with van der Waals surface area (Å²) in [5.41, 5.74) is 6.48. The van der Waals surface area contributed by atoms with Gasteiger partial charge < -0.3 is 15.9 Å². The van der Waals surface area contributed by atoms with Crippen LogP contribution < -0.4 is 11.1 Å². The Balaban J connectivity index is 2.33. The smallest absolute Gasteiger partial charge is 0.260 e. The average molecular weight is 269 g/mol. The zero-order valence-electron chi connectivity index (χ0n) is 10.8. The molecule has 0 saturated carbocycles. The SMILES string of the molecule is CC(C)C(C)NC(=O)CO/N=C(\N)c1ccsc1. The van der Waals surface area contributed by atoms with Crippen LogP contribution in [0.5, 0.6) is 0 Å². The quantitative estimate of drug-likeness (QED) is 0.467. The molecule has 0 bridgehead atoms. The number of nitrogens with one attached hydrogen (secondary N) is 1. The van der Waals surface area contributed by atoms with Crippen LogP contribution in [-0.4, -0.2) is 24.4 Å². The first-order valence-electron chi connectivity index (χ1n) is 5.78. The highest BCUT2D eigenvalue weighted by molar-refractivity contribution is 7.08. The molecule has 0 aliphatic carbocycles. The lowest BCUT2D eigenvalue weighted by Gasteiger charge is -2.16. The van der Waals surface area contributed by atoms with Gasteiger partial charge in [-0.2, -0.15) is 11.3 Å². The number of nitrogens with zero attached hydrogens (tertiary/aromatic N) is 1. The van der Waals surface area contributed by atoms with E-state index in [1.807, 2.05) is 37.6 Å². The molecule has 1 aromatic rings. The second-order valence-corrected chi connectivity index (χ2v) is 5.14. The minimum absolute atomic E-state index is 0.110. The minimum Gasteiger partial charge on any atom is -0.384 e. The molecule has 0 saturated heterocycles. The summed E-state index contributed by atoms with van der Waals surface area (Å²) < 4.78 is 0. The lowest BCUT2D eigenvalue weighted by atomic mass is 10.1. The molecule has 0 spiro atoms. The first-order chi connectivity index (χ1) is 8.50. The van der Waals surface area contributed by atoms with Crippen molar-refractivity contribution in [3.05, 3.63) is 22.4 Å². The van der Waals surface area contributed by atoms with Gasteiger partial charge in [-0.25, -0.2) is 0 Å². The highest BCUT2D eigenvalue weighted by atomic mass is 32.1. The molecule has 1 rings (SSSR count). The van der Waals surface area contributed by atoms with E-state index in [2.05, 4.69) is 10.5 Å². The Hall–Kier alpha value is -1.56. The lowest BCUT2D eigenvalue weighted by Crippen LogP contribution is -2.38. The zero-order valence-corrected chi connectivity index (χ0v) is 11.7. The molecule has 100 valence electrons. The summed E-state index contributed by atoms with van der Waals surface area (Å²) >= 11 is 1.52. The van der Waals surface area contributed by atoms with E-state index in [1.54, 1.807) is 0 Å². The van der Waals surface area contributed by atoms with Crippen molar-refractivity contribution in [3.63, 3.8) is 0 Å². The Labute approximate surface area is 111 Å². The van der Waals surface area contributed by atoms with Crippen LogP contribution in [0.1, 0.15) is 26.3 Å². The van der Waals surface area contributed by atoms with E-state index in [4.69, 9.17) is 10.6 Å². The van der Waals surface area contributed by atoms with Crippen LogP contribution in [0.4, 0.5) is 0 Å². The van der Waals surface area contributed by atoms with Gasteiger partial charge in [0.15, 0.2) is 12.4 Å². The number of hydrogen-bond donors (Lipinski definition) is 2. The van der Waals surface area contributed by atoms with E-state index in [1.165, 1.54) is 11.3 Å². The second-order valence-electron chi connectivity index (χ2n) is 4.36. The Morgan fingerprint density at radius 3 is 2.83 bits per heavy atom. The number of carbonyl (C=O) groups excluding carboxylic acids is 1. The molecule has 0 radical (unpaired) electrons. The predicted octanol–water partition coefficient (Wildman–Crippen LogP) is 1.55. The van der Waals surface area contributed by atoms with Gasteiger partial charge in [0.05, 0.1) is 0 Å². The molecule has 5 nitrogen and oxygen atoms in total. The van der Waals surface area contributed by atoms with Crippen LogP contribution in [0.3, 0.4) is 0 Å². The van der Waals surface area contributed by atoms with E-state index >= 15 is 0 Å². The van der Waals surface area contributed by atoms with Gasteiger partial charge in [-0.1, -0.05) is 19.0 Å². The fourth-order valence-electron chi connectivity index (χ4n) is 1.09. The molecule has 1 atom stereocenters. The molecular weight excluding hydrogens is 250 g/mol. The summed E-state index contributed by atoms with van der Waals surface area (Å²) in [4.78, 5) is 16.4. The molecule has 6 heteroatoms. The number of carbonyl (C=O) groups is 1. The topological polar surface area (TPSA) is 76.7 Å². The highest BCUT2D eigenvalue weighted by Crippen LogP contribution is 2.05. The maximum atomic E-state index is 11.5. The maximum Gasteiger partial charge on any atom is 0.260 e. The summed E-state index contributed by atoms with van der Waals surface area (Å²) in [6.45, 7) is 5.91. The van der Waals surface area contributed by atoms with Gasteiger partial charge in [-0.15, -0.1) is 0 Å². The summed E-state index contributed by atoms with van der Waals surface area (Å²) in [5.74, 6) is 0.465. The van der Waals surface area contributed by atoms with Crippen molar-refractivity contribution in [1.29, 1.82) is 0 Å².